The first kappa shape index (κ1) is 43.7. The lowest BCUT2D eigenvalue weighted by Gasteiger charge is -2.49. The highest BCUT2D eigenvalue weighted by molar-refractivity contribution is 5.22. The van der Waals surface area contributed by atoms with Crippen molar-refractivity contribution in [2.45, 2.75) is 169 Å². The van der Waals surface area contributed by atoms with E-state index in [9.17, 15) is 61.3 Å². The van der Waals surface area contributed by atoms with Gasteiger partial charge in [0.1, 0.15) is 79.4 Å². The van der Waals surface area contributed by atoms with Crippen LogP contribution in [0.3, 0.4) is 0 Å². The number of aliphatic hydroxyl groups excluding tert-OH is 12. The topological polar surface area (TPSA) is 310 Å². The van der Waals surface area contributed by atoms with E-state index >= 15 is 0 Å². The van der Waals surface area contributed by atoms with Crippen LogP contribution < -0.4 is 5.32 Å². The van der Waals surface area contributed by atoms with Crippen molar-refractivity contribution in [1.82, 2.24) is 5.32 Å². The average Bonchev–Trinajstić information content (AvgIpc) is 3.13. The van der Waals surface area contributed by atoms with Gasteiger partial charge in [-0.1, -0.05) is 45.1 Å². The van der Waals surface area contributed by atoms with Crippen molar-refractivity contribution >= 4 is 0 Å². The molecule has 13 N–H and O–H groups in total. The third-order valence-corrected chi connectivity index (χ3v) is 10.2. The van der Waals surface area contributed by atoms with E-state index in [-0.39, 0.29) is 12.2 Å². The first-order chi connectivity index (χ1) is 24.8. The Bertz CT molecular complexity index is 1090. The summed E-state index contributed by atoms with van der Waals surface area (Å²) < 4.78 is 34.2. The normalized spacial score (nSPS) is 45.9. The lowest BCUT2D eigenvalue weighted by Crippen LogP contribution is -2.68. The second-order valence-corrected chi connectivity index (χ2v) is 14.0. The van der Waals surface area contributed by atoms with Crippen molar-refractivity contribution in [1.29, 1.82) is 0 Å². The molecule has 3 saturated heterocycles. The number of ether oxygens (including phenoxy) is 6. The van der Waals surface area contributed by atoms with Crippen molar-refractivity contribution in [3.8, 4) is 0 Å². The minimum absolute atomic E-state index is 0.0312. The maximum Gasteiger partial charge on any atom is 0.187 e. The van der Waals surface area contributed by atoms with Crippen molar-refractivity contribution in [3.63, 3.8) is 0 Å². The smallest absolute Gasteiger partial charge is 0.187 e. The molecule has 1 aliphatic carbocycles. The molecule has 3 fully saturated rings. The standard InChI is InChI=1S/C33H59NO18/c1-3-4-5-6-7-8-9-47-31-27(45)24(42)29(17(12-36)49-31)52-33-28(46)25(43)30(18(13-37)50-33)51-32-26(44)22(40)19(14(2)48-32)34-16-10-15(11-35)20(38)23(41)21(16)39/h10,14,16-46H,3-9,11-13H2,1-2H3. The molecule has 0 spiro atoms. The summed E-state index contributed by atoms with van der Waals surface area (Å²) in [5, 5.41) is 129. The lowest BCUT2D eigenvalue weighted by molar-refractivity contribution is -0.376. The minimum atomic E-state index is -1.90. The Morgan fingerprint density at radius 1 is 0.615 bits per heavy atom. The predicted molar refractivity (Wildman–Crippen MR) is 175 cm³/mol. The highest BCUT2D eigenvalue weighted by atomic mass is 16.8. The van der Waals surface area contributed by atoms with Crippen molar-refractivity contribution in [3.05, 3.63) is 11.6 Å². The van der Waals surface area contributed by atoms with Crippen LogP contribution in [0.2, 0.25) is 0 Å². The summed E-state index contributed by atoms with van der Waals surface area (Å²) in [6, 6.07) is -2.16. The molecule has 19 atom stereocenters. The summed E-state index contributed by atoms with van der Waals surface area (Å²) in [4.78, 5) is 0. The zero-order valence-corrected chi connectivity index (χ0v) is 29.4. The van der Waals surface area contributed by atoms with Crippen LogP contribution in [0.15, 0.2) is 11.6 Å². The van der Waals surface area contributed by atoms with Crippen LogP contribution in [0.1, 0.15) is 52.4 Å². The number of nitrogens with one attached hydrogen (secondary N) is 1. The fraction of sp³-hybridized carbons (Fsp3) is 0.939. The molecule has 52 heavy (non-hydrogen) atoms. The second-order valence-electron chi connectivity index (χ2n) is 14.0. The third kappa shape index (κ3) is 10.0. The van der Waals surface area contributed by atoms with Crippen LogP contribution in [0.5, 0.6) is 0 Å². The number of unbranched alkanes of at least 4 members (excludes halogenated alkanes) is 5. The summed E-state index contributed by atoms with van der Waals surface area (Å²) in [5.74, 6) is 0. The van der Waals surface area contributed by atoms with Gasteiger partial charge in [0.25, 0.3) is 0 Å². The van der Waals surface area contributed by atoms with Crippen LogP contribution in [-0.4, -0.2) is 204 Å². The van der Waals surface area contributed by atoms with Gasteiger partial charge in [0.15, 0.2) is 18.9 Å². The SMILES string of the molecule is CCCCCCCCOC1OC(CO)C(OC2OC(CO)C(OC3OC(C)C(NC4C=C(CO)C(O)C(O)C4O)C(O)C3O)C(O)C2O)C(O)C1O. The minimum Gasteiger partial charge on any atom is -0.394 e. The highest BCUT2D eigenvalue weighted by Gasteiger charge is 2.54. The maximum atomic E-state index is 11.1. The van der Waals surface area contributed by atoms with Gasteiger partial charge in [0.05, 0.1) is 38.0 Å². The van der Waals surface area contributed by atoms with Crippen LogP contribution in [-0.2, 0) is 28.4 Å². The van der Waals surface area contributed by atoms with Crippen LogP contribution in [0.4, 0.5) is 0 Å². The van der Waals surface area contributed by atoms with E-state index < -0.39 is 136 Å². The van der Waals surface area contributed by atoms with Gasteiger partial charge in [-0.25, -0.2) is 0 Å². The van der Waals surface area contributed by atoms with E-state index in [1.54, 1.807) is 0 Å². The molecule has 0 aromatic carbocycles. The largest absolute Gasteiger partial charge is 0.394 e. The van der Waals surface area contributed by atoms with E-state index in [0.29, 0.717) is 6.42 Å². The fourth-order valence-electron chi connectivity index (χ4n) is 7.02. The molecule has 0 aromatic heterocycles. The van der Waals surface area contributed by atoms with Gasteiger partial charge in [0, 0.05) is 6.61 Å². The molecule has 0 bridgehead atoms. The maximum absolute atomic E-state index is 11.1. The van der Waals surface area contributed by atoms with Gasteiger partial charge >= 0.3 is 0 Å². The molecule has 0 saturated carbocycles. The van der Waals surface area contributed by atoms with E-state index in [0.717, 1.165) is 32.1 Å². The van der Waals surface area contributed by atoms with Crippen LogP contribution in [0.25, 0.3) is 0 Å². The van der Waals surface area contributed by atoms with E-state index in [1.165, 1.54) is 13.0 Å². The van der Waals surface area contributed by atoms with E-state index in [4.69, 9.17) is 28.4 Å². The summed E-state index contributed by atoms with van der Waals surface area (Å²) in [6.45, 7) is 1.76. The molecular formula is C33H59NO18. The quantitative estimate of drug-likeness (QED) is 0.0487. The van der Waals surface area contributed by atoms with Crippen LogP contribution in [0, 0.1) is 0 Å². The fourth-order valence-corrected chi connectivity index (χ4v) is 7.02. The Labute approximate surface area is 301 Å². The molecule has 19 unspecified atom stereocenters. The summed E-state index contributed by atoms with van der Waals surface area (Å²) in [5.41, 5.74) is 0.0312. The number of aliphatic hydroxyl groups is 12. The number of hydrogen-bond acceptors (Lipinski definition) is 19. The Balaban J connectivity index is 1.35. The summed E-state index contributed by atoms with van der Waals surface area (Å²) >= 11 is 0. The molecule has 4 rings (SSSR count). The Morgan fingerprint density at radius 2 is 1.13 bits per heavy atom. The predicted octanol–water partition coefficient (Wildman–Crippen LogP) is -5.18. The van der Waals surface area contributed by atoms with E-state index in [2.05, 4.69) is 12.2 Å². The summed E-state index contributed by atoms with van der Waals surface area (Å²) in [6.07, 6.45) is -19.2. The highest BCUT2D eigenvalue weighted by Crippen LogP contribution is 2.33. The Hall–Kier alpha value is -1.02. The molecule has 0 aromatic rings. The monoisotopic (exact) mass is 757 g/mol. The Kier molecular flexibility index (Phi) is 17.0. The molecule has 3 aliphatic heterocycles. The van der Waals surface area contributed by atoms with Crippen molar-refractivity contribution in [2.24, 2.45) is 0 Å². The molecule has 0 radical (unpaired) electrons. The van der Waals surface area contributed by atoms with Gasteiger partial charge in [-0.2, -0.15) is 0 Å². The molecule has 304 valence electrons. The molecule has 19 nitrogen and oxygen atoms in total. The molecule has 4 aliphatic rings. The van der Waals surface area contributed by atoms with Gasteiger partial charge in [-0.3, -0.25) is 0 Å². The first-order valence-corrected chi connectivity index (χ1v) is 18.1. The van der Waals surface area contributed by atoms with Crippen molar-refractivity contribution in [2.75, 3.05) is 26.4 Å². The van der Waals surface area contributed by atoms with Gasteiger partial charge in [-0.05, 0) is 18.9 Å². The van der Waals surface area contributed by atoms with Crippen molar-refractivity contribution < 1.29 is 89.7 Å². The van der Waals surface area contributed by atoms with E-state index in [1.807, 2.05) is 0 Å². The van der Waals surface area contributed by atoms with Gasteiger partial charge < -0.3 is 95.0 Å². The lowest BCUT2D eigenvalue weighted by atomic mass is 9.86. The molecule has 19 heteroatoms. The third-order valence-electron chi connectivity index (χ3n) is 10.2. The zero-order chi connectivity index (χ0) is 38.3. The van der Waals surface area contributed by atoms with Crippen LogP contribution >= 0.6 is 0 Å². The molecule has 3 heterocycles. The zero-order valence-electron chi connectivity index (χ0n) is 29.4. The summed E-state index contributed by atoms with van der Waals surface area (Å²) in [7, 11) is 0. The number of rotatable bonds is 17. The second kappa shape index (κ2) is 20.2. The van der Waals surface area contributed by atoms with Gasteiger partial charge in [-0.15, -0.1) is 0 Å². The first-order valence-electron chi connectivity index (χ1n) is 18.1. The molecule has 0 amide bonds. The Morgan fingerprint density at radius 3 is 1.71 bits per heavy atom. The average molecular weight is 758 g/mol. The molecular weight excluding hydrogens is 698 g/mol. The number of hydrogen-bond donors (Lipinski definition) is 13. The van der Waals surface area contributed by atoms with Gasteiger partial charge in [0.2, 0.25) is 0 Å².